The van der Waals surface area contributed by atoms with Crippen LogP contribution in [0, 0.1) is 6.92 Å². The van der Waals surface area contributed by atoms with Gasteiger partial charge >= 0.3 is 7.12 Å². The number of aryl methyl sites for hydroxylation is 1. The predicted molar refractivity (Wildman–Crippen MR) is 77.0 cm³/mol. The van der Waals surface area contributed by atoms with E-state index >= 15 is 0 Å². The molecular weight excluding hydrogens is 283 g/mol. The third-order valence-electron chi connectivity index (χ3n) is 2.46. The van der Waals surface area contributed by atoms with Crippen molar-refractivity contribution in [1.29, 1.82) is 0 Å². The van der Waals surface area contributed by atoms with Crippen LogP contribution in [-0.4, -0.2) is 33.6 Å². The number of hydrogen-bond acceptors (Lipinski definition) is 7. The minimum atomic E-state index is -1.47. The zero-order valence-electron chi connectivity index (χ0n) is 10.5. The first-order valence-corrected chi connectivity index (χ1v) is 7.32. The second-order valence-corrected chi connectivity index (χ2v) is 5.82. The van der Waals surface area contributed by atoms with Gasteiger partial charge in [-0.1, -0.05) is 23.9 Å². The number of methoxy groups -OCH3 is 1. The molecule has 0 fully saturated rings. The first-order valence-electron chi connectivity index (χ1n) is 5.56. The van der Waals surface area contributed by atoms with Crippen LogP contribution in [0.3, 0.4) is 0 Å². The Morgan fingerprint density at radius 1 is 1.42 bits per heavy atom. The number of aromatic nitrogens is 2. The molecule has 1 aromatic carbocycles. The number of benzene rings is 1. The maximum absolute atomic E-state index is 9.19. The lowest BCUT2D eigenvalue weighted by Crippen LogP contribution is -2.30. The Bertz CT molecular complexity index is 563. The van der Waals surface area contributed by atoms with Gasteiger partial charge in [0, 0.05) is 11.3 Å². The Labute approximate surface area is 120 Å². The molecule has 0 amide bonds. The van der Waals surface area contributed by atoms with Crippen molar-refractivity contribution >= 4 is 35.9 Å². The van der Waals surface area contributed by atoms with Crippen molar-refractivity contribution in [2.45, 2.75) is 17.0 Å². The van der Waals surface area contributed by atoms with Gasteiger partial charge in [0.15, 0.2) is 4.34 Å². The smallest absolute Gasteiger partial charge is 0.488 e. The normalized spacial score (nSPS) is 10.5. The lowest BCUT2D eigenvalue weighted by atomic mass is 9.79. The SMILES string of the molecule is COc1ccc(B(O)O)cc1CSc1nc(C)ns1. The molecule has 0 spiro atoms. The maximum Gasteiger partial charge on any atom is 0.488 e. The van der Waals surface area contributed by atoms with Gasteiger partial charge in [-0.05, 0) is 30.0 Å². The average Bonchev–Trinajstić information content (AvgIpc) is 2.81. The fourth-order valence-corrected chi connectivity index (χ4v) is 3.17. The summed E-state index contributed by atoms with van der Waals surface area (Å²) in [7, 11) is 0.117. The number of hydrogen-bond donors (Lipinski definition) is 2. The van der Waals surface area contributed by atoms with Crippen LogP contribution in [0.2, 0.25) is 0 Å². The van der Waals surface area contributed by atoms with E-state index in [0.29, 0.717) is 11.2 Å². The monoisotopic (exact) mass is 296 g/mol. The molecule has 0 aliphatic rings. The summed E-state index contributed by atoms with van der Waals surface area (Å²) >= 11 is 2.90. The largest absolute Gasteiger partial charge is 0.496 e. The number of nitrogens with zero attached hydrogens (tertiary/aromatic N) is 2. The molecule has 0 aliphatic heterocycles. The van der Waals surface area contributed by atoms with E-state index in [4.69, 9.17) is 4.74 Å². The highest BCUT2D eigenvalue weighted by Crippen LogP contribution is 2.28. The van der Waals surface area contributed by atoms with Gasteiger partial charge in [0.05, 0.1) is 7.11 Å². The third kappa shape index (κ3) is 3.69. The van der Waals surface area contributed by atoms with E-state index in [0.717, 1.165) is 21.5 Å². The van der Waals surface area contributed by atoms with Crippen LogP contribution in [0.4, 0.5) is 0 Å². The fraction of sp³-hybridized carbons (Fsp3) is 0.273. The highest BCUT2D eigenvalue weighted by Gasteiger charge is 2.14. The number of thioether (sulfide) groups is 1. The summed E-state index contributed by atoms with van der Waals surface area (Å²) in [5.74, 6) is 2.12. The van der Waals surface area contributed by atoms with Gasteiger partial charge in [0.2, 0.25) is 0 Å². The minimum absolute atomic E-state index is 0.449. The van der Waals surface area contributed by atoms with E-state index in [-0.39, 0.29) is 0 Å². The van der Waals surface area contributed by atoms with Gasteiger partial charge in [-0.2, -0.15) is 4.37 Å². The summed E-state index contributed by atoms with van der Waals surface area (Å²) in [6, 6.07) is 5.09. The summed E-state index contributed by atoms with van der Waals surface area (Å²) in [4.78, 5) is 4.27. The second-order valence-electron chi connectivity index (χ2n) is 3.84. The van der Waals surface area contributed by atoms with Crippen molar-refractivity contribution in [1.82, 2.24) is 9.36 Å². The van der Waals surface area contributed by atoms with Crippen LogP contribution in [0.1, 0.15) is 11.4 Å². The van der Waals surface area contributed by atoms with Gasteiger partial charge in [-0.15, -0.1) is 0 Å². The highest BCUT2D eigenvalue weighted by molar-refractivity contribution is 8.00. The van der Waals surface area contributed by atoms with E-state index in [9.17, 15) is 10.0 Å². The molecule has 1 aromatic heterocycles. The van der Waals surface area contributed by atoms with Crippen molar-refractivity contribution in [3.05, 3.63) is 29.6 Å². The first kappa shape index (κ1) is 14.3. The molecular formula is C11H13BN2O3S2. The molecule has 0 bridgehead atoms. The van der Waals surface area contributed by atoms with Crippen LogP contribution in [0.25, 0.3) is 0 Å². The molecule has 100 valence electrons. The molecule has 0 saturated heterocycles. The number of rotatable bonds is 5. The van der Waals surface area contributed by atoms with Crippen LogP contribution in [0.5, 0.6) is 5.75 Å². The second kappa shape index (κ2) is 6.38. The summed E-state index contributed by atoms with van der Waals surface area (Å²) in [5.41, 5.74) is 1.34. The van der Waals surface area contributed by atoms with E-state index in [1.807, 2.05) is 6.92 Å². The Morgan fingerprint density at radius 2 is 2.21 bits per heavy atom. The lowest BCUT2D eigenvalue weighted by molar-refractivity contribution is 0.410. The standard InChI is InChI=1S/C11H13BN2O3S2/c1-7-13-11(19-14-7)18-6-8-5-9(12(15)16)3-4-10(8)17-2/h3-5,15-16H,6H2,1-2H3. The molecule has 0 atom stereocenters. The lowest BCUT2D eigenvalue weighted by Gasteiger charge is -2.09. The molecule has 5 nitrogen and oxygen atoms in total. The molecule has 19 heavy (non-hydrogen) atoms. The molecule has 8 heteroatoms. The van der Waals surface area contributed by atoms with Gasteiger partial charge < -0.3 is 14.8 Å². The number of ether oxygens (including phenoxy) is 1. The van der Waals surface area contributed by atoms with E-state index in [1.54, 1.807) is 37.1 Å². The van der Waals surface area contributed by atoms with E-state index in [2.05, 4.69) is 9.36 Å². The summed E-state index contributed by atoms with van der Waals surface area (Å²) in [6.07, 6.45) is 0. The topological polar surface area (TPSA) is 75.5 Å². The summed E-state index contributed by atoms with van der Waals surface area (Å²) < 4.78 is 10.3. The van der Waals surface area contributed by atoms with Crippen molar-refractivity contribution in [3.8, 4) is 5.75 Å². The Morgan fingerprint density at radius 3 is 2.79 bits per heavy atom. The molecule has 0 aliphatic carbocycles. The summed E-state index contributed by atoms with van der Waals surface area (Å²) in [5, 5.41) is 18.4. The Hall–Kier alpha value is -1.09. The van der Waals surface area contributed by atoms with Crippen molar-refractivity contribution in [2.75, 3.05) is 7.11 Å². The van der Waals surface area contributed by atoms with Crippen molar-refractivity contribution in [2.24, 2.45) is 0 Å². The van der Waals surface area contributed by atoms with Crippen LogP contribution >= 0.6 is 23.3 Å². The minimum Gasteiger partial charge on any atom is -0.496 e. The van der Waals surface area contributed by atoms with Crippen LogP contribution in [0.15, 0.2) is 22.5 Å². The van der Waals surface area contributed by atoms with Gasteiger partial charge in [-0.25, -0.2) is 4.98 Å². The average molecular weight is 296 g/mol. The van der Waals surface area contributed by atoms with Crippen molar-refractivity contribution < 1.29 is 14.8 Å². The maximum atomic E-state index is 9.19. The molecule has 1 heterocycles. The summed E-state index contributed by atoms with van der Waals surface area (Å²) in [6.45, 7) is 1.85. The van der Waals surface area contributed by atoms with Gasteiger partial charge in [0.25, 0.3) is 0 Å². The molecule has 0 saturated carbocycles. The molecule has 0 unspecified atom stereocenters. The molecule has 2 N–H and O–H groups in total. The molecule has 2 aromatic rings. The van der Waals surface area contributed by atoms with Crippen molar-refractivity contribution in [3.63, 3.8) is 0 Å². The quantitative estimate of drug-likeness (QED) is 0.629. The van der Waals surface area contributed by atoms with E-state index < -0.39 is 7.12 Å². The Balaban J connectivity index is 2.15. The van der Waals surface area contributed by atoms with Gasteiger partial charge in [0.1, 0.15) is 11.6 Å². The van der Waals surface area contributed by atoms with Crippen LogP contribution < -0.4 is 10.2 Å². The first-order chi connectivity index (χ1) is 9.10. The highest BCUT2D eigenvalue weighted by atomic mass is 32.2. The zero-order chi connectivity index (χ0) is 13.8. The van der Waals surface area contributed by atoms with Gasteiger partial charge in [-0.3, -0.25) is 0 Å². The zero-order valence-corrected chi connectivity index (χ0v) is 12.2. The van der Waals surface area contributed by atoms with Crippen LogP contribution in [-0.2, 0) is 5.75 Å². The predicted octanol–water partition coefficient (Wildman–Crippen LogP) is 0.827. The molecule has 0 radical (unpaired) electrons. The fourth-order valence-electron chi connectivity index (χ4n) is 1.55. The molecule has 2 rings (SSSR count). The Kier molecular flexibility index (Phi) is 4.81. The third-order valence-corrected chi connectivity index (χ3v) is 4.44. The van der Waals surface area contributed by atoms with E-state index in [1.165, 1.54) is 11.5 Å².